The highest BCUT2D eigenvalue weighted by molar-refractivity contribution is 6.46. The Hall–Kier alpha value is -4.54. The molecule has 6 rings (SSSR count). The van der Waals surface area contributed by atoms with Crippen molar-refractivity contribution in [3.8, 4) is 23.0 Å². The fourth-order valence-corrected chi connectivity index (χ4v) is 5.91. The molecule has 2 fully saturated rings. The molecule has 1 unspecified atom stereocenters. The van der Waals surface area contributed by atoms with Crippen LogP contribution in [0.5, 0.6) is 23.0 Å². The van der Waals surface area contributed by atoms with Crippen LogP contribution in [0.15, 0.2) is 72.3 Å². The lowest BCUT2D eigenvalue weighted by Gasteiger charge is -2.29. The highest BCUT2D eigenvalue weighted by Crippen LogP contribution is 2.43. The summed E-state index contributed by atoms with van der Waals surface area (Å²) in [6.45, 7) is 7.55. The minimum atomic E-state index is -0.828. The van der Waals surface area contributed by atoms with Crippen LogP contribution < -0.4 is 18.9 Å². The Morgan fingerprint density at radius 3 is 2.42 bits per heavy atom. The van der Waals surface area contributed by atoms with Crippen LogP contribution in [0.3, 0.4) is 0 Å². The number of ether oxygens (including phenoxy) is 5. The van der Waals surface area contributed by atoms with Gasteiger partial charge in [-0.25, -0.2) is 0 Å². The number of likely N-dealkylation sites (tertiary alicyclic amines) is 1. The van der Waals surface area contributed by atoms with E-state index in [-0.39, 0.29) is 11.3 Å². The molecule has 10 nitrogen and oxygen atoms in total. The number of carbonyl (C=O) groups is 2. The van der Waals surface area contributed by atoms with Crippen molar-refractivity contribution in [1.82, 2.24) is 9.80 Å². The molecule has 3 aromatic rings. The van der Waals surface area contributed by atoms with E-state index in [9.17, 15) is 14.7 Å². The molecule has 0 saturated carbocycles. The first kappa shape index (κ1) is 30.5. The largest absolute Gasteiger partial charge is 0.507 e. The zero-order valence-corrected chi connectivity index (χ0v) is 25.4. The van der Waals surface area contributed by atoms with Gasteiger partial charge in [0, 0.05) is 31.7 Å². The minimum absolute atomic E-state index is 0.0171. The van der Waals surface area contributed by atoms with E-state index in [2.05, 4.69) is 4.90 Å². The number of benzene rings is 3. The van der Waals surface area contributed by atoms with Crippen molar-refractivity contribution in [2.75, 3.05) is 59.2 Å². The van der Waals surface area contributed by atoms with E-state index < -0.39 is 17.7 Å². The topological polar surface area (TPSA) is 107 Å². The molecule has 0 aromatic heterocycles. The Kier molecular flexibility index (Phi) is 9.52. The van der Waals surface area contributed by atoms with Crippen LogP contribution in [-0.2, 0) is 20.9 Å². The van der Waals surface area contributed by atoms with Gasteiger partial charge in [-0.2, -0.15) is 0 Å². The summed E-state index contributed by atoms with van der Waals surface area (Å²) >= 11 is 0. The van der Waals surface area contributed by atoms with Gasteiger partial charge in [0.2, 0.25) is 0 Å². The second kappa shape index (κ2) is 14.0. The van der Waals surface area contributed by atoms with Gasteiger partial charge in [0.15, 0.2) is 23.0 Å². The molecule has 0 radical (unpaired) electrons. The summed E-state index contributed by atoms with van der Waals surface area (Å²) in [5.41, 5.74) is 2.03. The molecule has 0 bridgehead atoms. The third-order valence-corrected chi connectivity index (χ3v) is 8.15. The van der Waals surface area contributed by atoms with Crippen LogP contribution in [0.4, 0.5) is 0 Å². The van der Waals surface area contributed by atoms with Crippen LogP contribution in [0.25, 0.3) is 5.76 Å². The van der Waals surface area contributed by atoms with Gasteiger partial charge in [0.05, 0.1) is 31.4 Å². The highest BCUT2D eigenvalue weighted by atomic mass is 16.6. The van der Waals surface area contributed by atoms with E-state index >= 15 is 0 Å². The predicted octanol–water partition coefficient (Wildman–Crippen LogP) is 4.58. The molecule has 236 valence electrons. The third-order valence-electron chi connectivity index (χ3n) is 8.15. The third kappa shape index (κ3) is 6.77. The number of rotatable bonds is 11. The summed E-state index contributed by atoms with van der Waals surface area (Å²) in [4.78, 5) is 31.1. The lowest BCUT2D eigenvalue weighted by atomic mass is 9.94. The first-order valence-corrected chi connectivity index (χ1v) is 15.5. The molecule has 3 aliphatic rings. The summed E-state index contributed by atoms with van der Waals surface area (Å²) in [6.07, 6.45) is 0.657. The van der Waals surface area contributed by atoms with Gasteiger partial charge in [0.25, 0.3) is 11.7 Å². The number of carbonyl (C=O) groups excluding carboxylic acids is 2. The van der Waals surface area contributed by atoms with E-state index in [1.807, 2.05) is 43.3 Å². The first-order chi connectivity index (χ1) is 22.0. The van der Waals surface area contributed by atoms with Gasteiger partial charge < -0.3 is 33.7 Å². The zero-order chi connectivity index (χ0) is 31.2. The van der Waals surface area contributed by atoms with Gasteiger partial charge in [-0.1, -0.05) is 36.4 Å². The average molecular weight is 615 g/mol. The van der Waals surface area contributed by atoms with Gasteiger partial charge in [0.1, 0.15) is 25.6 Å². The molecule has 1 atom stereocenters. The average Bonchev–Trinajstić information content (AvgIpc) is 3.33. The molecule has 0 spiro atoms. The Balaban J connectivity index is 1.35. The van der Waals surface area contributed by atoms with Gasteiger partial charge in [-0.15, -0.1) is 0 Å². The van der Waals surface area contributed by atoms with Gasteiger partial charge in [-0.3, -0.25) is 14.5 Å². The first-order valence-electron chi connectivity index (χ1n) is 15.5. The molecule has 3 aromatic carbocycles. The Morgan fingerprint density at radius 1 is 0.867 bits per heavy atom. The molecule has 1 N–H and O–H groups in total. The lowest BCUT2D eigenvalue weighted by Crippen LogP contribution is -2.39. The number of amides is 1. The number of hydrogen-bond donors (Lipinski definition) is 1. The molecule has 45 heavy (non-hydrogen) atoms. The van der Waals surface area contributed by atoms with Crippen molar-refractivity contribution in [2.45, 2.75) is 26.0 Å². The van der Waals surface area contributed by atoms with Crippen LogP contribution in [0.2, 0.25) is 0 Å². The SMILES string of the molecule is CCOc1cc(C2/C(=C(/O)c3ccc4c(c3)OCCO4)C(=O)C(=O)N2CCCN2CCOCC2)ccc1OCc1ccccc1. The number of hydrogen-bond acceptors (Lipinski definition) is 9. The predicted molar refractivity (Wildman–Crippen MR) is 167 cm³/mol. The zero-order valence-electron chi connectivity index (χ0n) is 25.4. The maximum Gasteiger partial charge on any atom is 0.295 e. The second-order valence-electron chi connectivity index (χ2n) is 11.1. The van der Waals surface area contributed by atoms with Gasteiger partial charge >= 0.3 is 0 Å². The summed E-state index contributed by atoms with van der Waals surface area (Å²) in [6, 6.07) is 19.4. The fourth-order valence-electron chi connectivity index (χ4n) is 5.91. The van der Waals surface area contributed by atoms with Crippen LogP contribution in [0.1, 0.15) is 36.1 Å². The Morgan fingerprint density at radius 2 is 1.64 bits per heavy atom. The fraction of sp³-hybridized carbons (Fsp3) is 0.371. The van der Waals surface area contributed by atoms with E-state index in [0.717, 1.165) is 25.2 Å². The number of aliphatic hydroxyl groups excluding tert-OH is 1. The van der Waals surface area contributed by atoms with Crippen LogP contribution in [0, 0.1) is 0 Å². The quantitative estimate of drug-likeness (QED) is 0.189. The summed E-state index contributed by atoms with van der Waals surface area (Å²) in [5.74, 6) is 0.410. The van der Waals surface area contributed by atoms with Crippen molar-refractivity contribution >= 4 is 17.4 Å². The molecule has 3 aliphatic heterocycles. The minimum Gasteiger partial charge on any atom is -0.507 e. The summed E-state index contributed by atoms with van der Waals surface area (Å²) in [5, 5.41) is 11.6. The van der Waals surface area contributed by atoms with Gasteiger partial charge in [-0.05, 0) is 54.8 Å². The van der Waals surface area contributed by atoms with E-state index in [4.69, 9.17) is 23.7 Å². The van der Waals surface area contributed by atoms with Crippen LogP contribution >= 0.6 is 0 Å². The lowest BCUT2D eigenvalue weighted by molar-refractivity contribution is -0.140. The monoisotopic (exact) mass is 614 g/mol. The van der Waals surface area contributed by atoms with Crippen molar-refractivity contribution < 1.29 is 38.4 Å². The van der Waals surface area contributed by atoms with E-state index in [0.29, 0.717) is 86.7 Å². The number of fused-ring (bicyclic) bond motifs is 1. The van der Waals surface area contributed by atoms with Crippen LogP contribution in [-0.4, -0.2) is 85.8 Å². The molecule has 1 amide bonds. The number of ketones is 1. The van der Waals surface area contributed by atoms with E-state index in [1.54, 1.807) is 35.2 Å². The highest BCUT2D eigenvalue weighted by Gasteiger charge is 2.46. The summed E-state index contributed by atoms with van der Waals surface area (Å²) in [7, 11) is 0. The standard InChI is InChI=1S/C35H38N2O8/c1-2-42-29-21-25(9-11-28(29)45-23-24-7-4-3-5-8-24)32-31(33(38)26-10-12-27-30(22-26)44-20-19-43-27)34(39)35(40)37(32)14-6-13-36-15-17-41-18-16-36/h3-5,7-12,21-22,32,38H,2,6,13-20,23H2,1H3/b33-31-. The molecule has 2 saturated heterocycles. The Labute approximate surface area is 262 Å². The molecule has 3 heterocycles. The van der Waals surface area contributed by atoms with Crippen molar-refractivity contribution in [3.05, 3.63) is 89.0 Å². The maximum absolute atomic E-state index is 13.7. The van der Waals surface area contributed by atoms with Crippen molar-refractivity contribution in [3.63, 3.8) is 0 Å². The smallest absolute Gasteiger partial charge is 0.295 e. The summed E-state index contributed by atoms with van der Waals surface area (Å²) < 4.78 is 28.9. The second-order valence-corrected chi connectivity index (χ2v) is 11.1. The molecular weight excluding hydrogens is 576 g/mol. The number of nitrogens with zero attached hydrogens (tertiary/aromatic N) is 2. The number of Topliss-reactive ketones (excluding diaryl/α,β-unsaturated/α-hetero) is 1. The Bertz CT molecular complexity index is 1550. The molecule has 0 aliphatic carbocycles. The van der Waals surface area contributed by atoms with E-state index in [1.165, 1.54) is 0 Å². The molecule has 10 heteroatoms. The number of aliphatic hydroxyl groups is 1. The number of morpholine rings is 1. The molecular formula is C35H38N2O8. The maximum atomic E-state index is 13.7. The van der Waals surface area contributed by atoms with Crippen molar-refractivity contribution in [1.29, 1.82) is 0 Å². The normalized spacial score (nSPS) is 19.5. The van der Waals surface area contributed by atoms with Crippen molar-refractivity contribution in [2.24, 2.45) is 0 Å².